The molecule has 24 heavy (non-hydrogen) atoms. The van der Waals surface area contributed by atoms with E-state index in [0.717, 1.165) is 0 Å². The highest BCUT2D eigenvalue weighted by molar-refractivity contribution is 6.06. The van der Waals surface area contributed by atoms with Gasteiger partial charge in [0.1, 0.15) is 23.2 Å². The number of hydrogen-bond acceptors (Lipinski definition) is 4. The van der Waals surface area contributed by atoms with Crippen LogP contribution < -0.4 is 10.1 Å². The van der Waals surface area contributed by atoms with Gasteiger partial charge in [0, 0.05) is 11.8 Å². The number of rotatable bonds is 6. The van der Waals surface area contributed by atoms with Crippen molar-refractivity contribution in [2.75, 3.05) is 5.32 Å². The van der Waals surface area contributed by atoms with Crippen LogP contribution in [-0.4, -0.2) is 12.0 Å². The van der Waals surface area contributed by atoms with Gasteiger partial charge in [-0.3, -0.25) is 4.79 Å². The fourth-order valence-corrected chi connectivity index (χ4v) is 1.91. The molecule has 0 aliphatic heterocycles. The average molecular weight is 322 g/mol. The monoisotopic (exact) mass is 322 g/mol. The minimum atomic E-state index is -0.483. The standard InChI is InChI=1S/C19H18N2O3/c1-14(2)24-18-9-4-7-16(12-18)21-19(22)15(13-20)6-3-8-17-10-5-11-23-17/h3-12,14H,1-2H3,(H,21,22)/b8-3+,15-6-. The summed E-state index contributed by atoms with van der Waals surface area (Å²) in [6, 6.07) is 12.5. The summed E-state index contributed by atoms with van der Waals surface area (Å²) in [6.07, 6.45) is 6.29. The molecule has 1 aromatic heterocycles. The number of furan rings is 1. The van der Waals surface area contributed by atoms with Crippen LogP contribution >= 0.6 is 0 Å². The van der Waals surface area contributed by atoms with Gasteiger partial charge in [0.25, 0.3) is 5.91 Å². The third-order valence-electron chi connectivity index (χ3n) is 2.90. The summed E-state index contributed by atoms with van der Waals surface area (Å²) in [6.45, 7) is 3.85. The molecule has 1 heterocycles. The number of amides is 1. The first-order valence-corrected chi connectivity index (χ1v) is 7.48. The molecule has 0 aliphatic rings. The van der Waals surface area contributed by atoms with Gasteiger partial charge in [-0.15, -0.1) is 0 Å². The molecule has 2 aromatic rings. The number of nitrogens with zero attached hydrogens (tertiary/aromatic N) is 1. The van der Waals surface area contributed by atoms with Crippen molar-refractivity contribution >= 4 is 17.7 Å². The molecule has 0 saturated heterocycles. The molecule has 0 fully saturated rings. The lowest BCUT2D eigenvalue weighted by molar-refractivity contribution is -0.112. The quantitative estimate of drug-likeness (QED) is 0.492. The number of anilines is 1. The van der Waals surface area contributed by atoms with E-state index in [0.29, 0.717) is 17.2 Å². The summed E-state index contributed by atoms with van der Waals surface area (Å²) in [5.41, 5.74) is 0.558. The van der Waals surface area contributed by atoms with E-state index >= 15 is 0 Å². The number of ether oxygens (including phenoxy) is 1. The molecule has 0 unspecified atom stereocenters. The minimum absolute atomic E-state index is 0.00649. The predicted molar refractivity (Wildman–Crippen MR) is 92.3 cm³/mol. The van der Waals surface area contributed by atoms with Crippen molar-refractivity contribution in [2.24, 2.45) is 0 Å². The molecule has 1 N–H and O–H groups in total. The maximum absolute atomic E-state index is 12.2. The fraction of sp³-hybridized carbons (Fsp3) is 0.158. The summed E-state index contributed by atoms with van der Waals surface area (Å²) in [5.74, 6) is 0.814. The van der Waals surface area contributed by atoms with Gasteiger partial charge in [-0.05, 0) is 50.3 Å². The van der Waals surface area contributed by atoms with Crippen LogP contribution in [0.15, 0.2) is 64.8 Å². The second-order valence-corrected chi connectivity index (χ2v) is 5.22. The summed E-state index contributed by atoms with van der Waals surface area (Å²) in [7, 11) is 0. The first kappa shape index (κ1) is 17.1. The Kier molecular flexibility index (Phi) is 5.98. The van der Waals surface area contributed by atoms with Crippen LogP contribution in [-0.2, 0) is 4.79 Å². The highest BCUT2D eigenvalue weighted by Gasteiger charge is 2.09. The summed E-state index contributed by atoms with van der Waals surface area (Å²) < 4.78 is 10.7. The van der Waals surface area contributed by atoms with Crippen molar-refractivity contribution < 1.29 is 13.9 Å². The van der Waals surface area contributed by atoms with Crippen LogP contribution in [0.1, 0.15) is 19.6 Å². The number of carbonyl (C=O) groups is 1. The Hall–Kier alpha value is -3.26. The molecular weight excluding hydrogens is 304 g/mol. The van der Waals surface area contributed by atoms with Crippen molar-refractivity contribution in [3.8, 4) is 11.8 Å². The van der Waals surface area contributed by atoms with Crippen molar-refractivity contribution in [1.82, 2.24) is 0 Å². The van der Waals surface area contributed by atoms with E-state index in [9.17, 15) is 4.79 Å². The SMILES string of the molecule is CC(C)Oc1cccc(NC(=O)/C(C#N)=C\C=C\c2ccco2)c1. The van der Waals surface area contributed by atoms with Gasteiger partial charge >= 0.3 is 0 Å². The third-order valence-corrected chi connectivity index (χ3v) is 2.90. The molecule has 5 nitrogen and oxygen atoms in total. The van der Waals surface area contributed by atoms with Gasteiger partial charge in [-0.1, -0.05) is 12.1 Å². The number of hydrogen-bond donors (Lipinski definition) is 1. The first-order valence-electron chi connectivity index (χ1n) is 7.48. The molecule has 2 rings (SSSR count). The molecule has 0 radical (unpaired) electrons. The van der Waals surface area contributed by atoms with Crippen molar-refractivity contribution in [3.05, 3.63) is 66.1 Å². The van der Waals surface area contributed by atoms with E-state index in [4.69, 9.17) is 14.4 Å². The second-order valence-electron chi connectivity index (χ2n) is 5.22. The maximum Gasteiger partial charge on any atom is 0.266 e. The number of carbonyl (C=O) groups excluding carboxylic acids is 1. The lowest BCUT2D eigenvalue weighted by atomic mass is 10.2. The molecule has 0 saturated carbocycles. The largest absolute Gasteiger partial charge is 0.491 e. The fourth-order valence-electron chi connectivity index (χ4n) is 1.91. The van der Waals surface area contributed by atoms with Gasteiger partial charge in [-0.2, -0.15) is 5.26 Å². The number of benzene rings is 1. The van der Waals surface area contributed by atoms with E-state index in [1.54, 1.807) is 48.7 Å². The molecule has 0 atom stereocenters. The van der Waals surface area contributed by atoms with Crippen molar-refractivity contribution in [1.29, 1.82) is 5.26 Å². The lowest BCUT2D eigenvalue weighted by Crippen LogP contribution is -2.13. The van der Waals surface area contributed by atoms with Crippen molar-refractivity contribution in [2.45, 2.75) is 20.0 Å². The lowest BCUT2D eigenvalue weighted by Gasteiger charge is -2.11. The van der Waals surface area contributed by atoms with Crippen LogP contribution in [0.2, 0.25) is 0 Å². The Balaban J connectivity index is 2.05. The van der Waals surface area contributed by atoms with Crippen molar-refractivity contribution in [3.63, 3.8) is 0 Å². The number of nitrogens with one attached hydrogen (secondary N) is 1. The Morgan fingerprint density at radius 1 is 1.33 bits per heavy atom. The zero-order valence-electron chi connectivity index (χ0n) is 13.5. The van der Waals surface area contributed by atoms with Crippen LogP contribution in [0.5, 0.6) is 5.75 Å². The molecule has 122 valence electrons. The maximum atomic E-state index is 12.2. The highest BCUT2D eigenvalue weighted by atomic mass is 16.5. The molecule has 5 heteroatoms. The molecular formula is C19H18N2O3. The number of allylic oxidation sites excluding steroid dienone is 2. The molecule has 0 bridgehead atoms. The van der Waals surface area contributed by atoms with Crippen LogP contribution in [0.3, 0.4) is 0 Å². The van der Waals surface area contributed by atoms with Crippen LogP contribution in [0.25, 0.3) is 6.08 Å². The summed E-state index contributed by atoms with van der Waals surface area (Å²) >= 11 is 0. The molecule has 1 amide bonds. The zero-order valence-corrected chi connectivity index (χ0v) is 13.5. The Morgan fingerprint density at radius 2 is 2.17 bits per heavy atom. The normalized spacial score (nSPS) is 11.5. The predicted octanol–water partition coefficient (Wildman–Crippen LogP) is 4.17. The van der Waals surface area contributed by atoms with Gasteiger partial charge in [0.05, 0.1) is 12.4 Å². The Morgan fingerprint density at radius 3 is 2.83 bits per heavy atom. The zero-order chi connectivity index (χ0) is 17.4. The molecule has 0 aliphatic carbocycles. The van der Waals surface area contributed by atoms with Gasteiger partial charge in [0.2, 0.25) is 0 Å². The first-order chi connectivity index (χ1) is 11.6. The minimum Gasteiger partial charge on any atom is -0.491 e. The van der Waals surface area contributed by atoms with Crippen LogP contribution in [0, 0.1) is 11.3 Å². The van der Waals surface area contributed by atoms with E-state index in [-0.39, 0.29) is 11.7 Å². The number of nitriles is 1. The van der Waals surface area contributed by atoms with Crippen LogP contribution in [0.4, 0.5) is 5.69 Å². The topological polar surface area (TPSA) is 75.3 Å². The third kappa shape index (κ3) is 5.18. The Bertz CT molecular complexity index is 781. The van der Waals surface area contributed by atoms with Gasteiger partial charge < -0.3 is 14.5 Å². The average Bonchev–Trinajstić information content (AvgIpc) is 3.04. The van der Waals surface area contributed by atoms with Gasteiger partial charge in [-0.25, -0.2) is 0 Å². The van der Waals surface area contributed by atoms with Gasteiger partial charge in [0.15, 0.2) is 0 Å². The van der Waals surface area contributed by atoms with E-state index in [1.807, 2.05) is 26.0 Å². The summed E-state index contributed by atoms with van der Waals surface area (Å²) in [4.78, 5) is 12.2. The van der Waals surface area contributed by atoms with E-state index in [1.165, 1.54) is 6.08 Å². The second kappa shape index (κ2) is 8.39. The Labute approximate surface area is 140 Å². The molecule has 1 aromatic carbocycles. The summed E-state index contributed by atoms with van der Waals surface area (Å²) in [5, 5.41) is 11.8. The highest BCUT2D eigenvalue weighted by Crippen LogP contribution is 2.19. The smallest absolute Gasteiger partial charge is 0.266 e. The van der Waals surface area contributed by atoms with E-state index < -0.39 is 5.91 Å². The molecule has 0 spiro atoms. The van der Waals surface area contributed by atoms with E-state index in [2.05, 4.69) is 5.32 Å².